The minimum atomic E-state index is -1.25. The van der Waals surface area contributed by atoms with Gasteiger partial charge in [0.2, 0.25) is 11.8 Å². The second-order valence-electron chi connectivity index (χ2n) is 13.3. The van der Waals surface area contributed by atoms with Crippen molar-refractivity contribution in [2.45, 2.75) is 69.7 Å². The van der Waals surface area contributed by atoms with Crippen molar-refractivity contribution < 1.29 is 29.0 Å². The van der Waals surface area contributed by atoms with Gasteiger partial charge >= 0.3 is 0 Å². The van der Waals surface area contributed by atoms with Gasteiger partial charge in [0.15, 0.2) is 0 Å². The molecule has 3 aromatic rings. The number of fused-ring (bicyclic) bond motifs is 2. The highest BCUT2D eigenvalue weighted by Crippen LogP contribution is 2.65. The molecular formula is C40H47N3O6. The van der Waals surface area contributed by atoms with Crippen LogP contribution in [0.4, 0.5) is 11.4 Å². The van der Waals surface area contributed by atoms with Crippen molar-refractivity contribution in [1.29, 1.82) is 0 Å². The topological polar surface area (TPSA) is 99.6 Å². The van der Waals surface area contributed by atoms with Gasteiger partial charge in [-0.3, -0.25) is 14.4 Å². The third-order valence-electron chi connectivity index (χ3n) is 10.9. The number of ether oxygens (including phenoxy) is 2. The minimum Gasteiger partial charge on any atom is -0.494 e. The Labute approximate surface area is 288 Å². The first-order chi connectivity index (χ1) is 23.7. The molecule has 3 aromatic carbocycles. The lowest BCUT2D eigenvalue weighted by Gasteiger charge is -2.39. The molecule has 3 amide bonds. The van der Waals surface area contributed by atoms with Crippen molar-refractivity contribution in [2.75, 3.05) is 36.1 Å². The largest absolute Gasteiger partial charge is 0.494 e. The van der Waals surface area contributed by atoms with E-state index in [4.69, 9.17) is 9.47 Å². The fourth-order valence-electron chi connectivity index (χ4n) is 8.57. The fourth-order valence-corrected chi connectivity index (χ4v) is 8.57. The number of carbonyl (C=O) groups excluding carboxylic acids is 3. The predicted octanol–water partition coefficient (Wildman–Crippen LogP) is 5.90. The van der Waals surface area contributed by atoms with E-state index in [1.54, 1.807) is 26.9 Å². The van der Waals surface area contributed by atoms with Crippen LogP contribution < -0.4 is 14.5 Å². The van der Waals surface area contributed by atoms with Gasteiger partial charge in [0.1, 0.15) is 17.4 Å². The molecule has 3 heterocycles. The van der Waals surface area contributed by atoms with Crippen LogP contribution in [0.3, 0.4) is 0 Å². The normalized spacial score (nSPS) is 26.0. The second kappa shape index (κ2) is 13.8. The van der Waals surface area contributed by atoms with Gasteiger partial charge in [0.25, 0.3) is 5.91 Å². The molecule has 1 N–H and O–H groups in total. The van der Waals surface area contributed by atoms with Crippen LogP contribution in [0.15, 0.2) is 92.0 Å². The molecule has 2 bridgehead atoms. The number of hydrogen-bond donors (Lipinski definition) is 1. The van der Waals surface area contributed by atoms with Crippen LogP contribution in [-0.2, 0) is 19.1 Å². The standard InChI is InChI=1S/C40H47N3O6/c1-6-23-41(30-17-19-32(20-18-30)48-10-5)36(45)33-34-37(46)43(29(8-3)26-44)35(40(34)22-21-39(33,9-4)49-40)38(47)42(24-7-2)31-16-15-27-13-11-12-14-28(27)25-31/h6-7,11-20,25,29,33-35,44H,1-2,8-10,21-24,26H2,3-5H3/t29-,33+,34-,35?,39-,40?/m0/s1. The molecular weight excluding hydrogens is 618 g/mol. The summed E-state index contributed by atoms with van der Waals surface area (Å²) in [5.74, 6) is -1.93. The number of amides is 3. The maximum Gasteiger partial charge on any atom is 0.253 e. The van der Waals surface area contributed by atoms with Crippen molar-refractivity contribution in [3.8, 4) is 5.75 Å². The quantitative estimate of drug-likeness (QED) is 0.215. The van der Waals surface area contributed by atoms with Crippen molar-refractivity contribution in [1.82, 2.24) is 4.90 Å². The summed E-state index contributed by atoms with van der Waals surface area (Å²) < 4.78 is 12.7. The number of rotatable bonds is 14. The zero-order valence-electron chi connectivity index (χ0n) is 28.7. The Hall–Kier alpha value is -4.47. The predicted molar refractivity (Wildman–Crippen MR) is 192 cm³/mol. The molecule has 3 fully saturated rings. The van der Waals surface area contributed by atoms with Crippen molar-refractivity contribution in [3.63, 3.8) is 0 Å². The summed E-state index contributed by atoms with van der Waals surface area (Å²) in [5, 5.41) is 12.6. The van der Waals surface area contributed by atoms with Crippen LogP contribution in [0, 0.1) is 11.8 Å². The lowest BCUT2D eigenvalue weighted by atomic mass is 9.64. The third kappa shape index (κ3) is 5.53. The van der Waals surface area contributed by atoms with E-state index >= 15 is 4.79 Å². The highest BCUT2D eigenvalue weighted by Gasteiger charge is 2.79. The van der Waals surface area contributed by atoms with Gasteiger partial charge in [0.05, 0.1) is 36.7 Å². The summed E-state index contributed by atoms with van der Waals surface area (Å²) in [6.07, 6.45) is 5.24. The minimum absolute atomic E-state index is 0.207. The molecule has 3 aliphatic heterocycles. The molecule has 3 saturated heterocycles. The number of benzene rings is 3. The molecule has 258 valence electrons. The summed E-state index contributed by atoms with van der Waals surface area (Å²) >= 11 is 0. The first-order valence-electron chi connectivity index (χ1n) is 17.4. The number of anilines is 2. The Morgan fingerprint density at radius 2 is 1.61 bits per heavy atom. The summed E-state index contributed by atoms with van der Waals surface area (Å²) in [6, 6.07) is 19.4. The molecule has 2 unspecified atom stereocenters. The van der Waals surface area contributed by atoms with E-state index in [2.05, 4.69) is 13.2 Å². The number of likely N-dealkylation sites (tertiary alicyclic amines) is 1. The molecule has 9 nitrogen and oxygen atoms in total. The Bertz CT molecular complexity index is 1740. The SMILES string of the molecule is C=CCN(C(=O)C1N([C@@H](CC)CO)C(=O)[C@@H]2[C@H](C(=O)N(CC=C)c3ccc(OCC)cc3)[C@]3(CC)CCC12O3)c1ccc2ccccc2c1. The molecule has 6 rings (SSSR count). The molecule has 0 aliphatic carbocycles. The third-order valence-corrected chi connectivity index (χ3v) is 10.9. The zero-order chi connectivity index (χ0) is 34.9. The summed E-state index contributed by atoms with van der Waals surface area (Å²) in [5.41, 5.74) is -0.852. The van der Waals surface area contributed by atoms with E-state index in [1.807, 2.05) is 87.5 Å². The Kier molecular flexibility index (Phi) is 9.69. The first-order valence-corrected chi connectivity index (χ1v) is 17.4. The molecule has 3 aliphatic rings. The fraction of sp³-hybridized carbons (Fsp3) is 0.425. The lowest BCUT2D eigenvalue weighted by Crippen LogP contribution is -2.59. The van der Waals surface area contributed by atoms with E-state index < -0.39 is 35.1 Å². The summed E-state index contributed by atoms with van der Waals surface area (Å²) in [4.78, 5) is 49.7. The monoisotopic (exact) mass is 665 g/mol. The summed E-state index contributed by atoms with van der Waals surface area (Å²) in [6.45, 7) is 14.3. The molecule has 0 saturated carbocycles. The van der Waals surface area contributed by atoms with Crippen molar-refractivity contribution in [2.24, 2.45) is 11.8 Å². The lowest BCUT2D eigenvalue weighted by molar-refractivity contribution is -0.149. The van der Waals surface area contributed by atoms with Crippen LogP contribution in [0.2, 0.25) is 0 Å². The molecule has 9 heteroatoms. The molecule has 1 spiro atoms. The molecule has 0 aromatic heterocycles. The van der Waals surface area contributed by atoms with Crippen LogP contribution >= 0.6 is 0 Å². The van der Waals surface area contributed by atoms with E-state index in [9.17, 15) is 14.7 Å². The maximum atomic E-state index is 15.1. The molecule has 0 radical (unpaired) electrons. The van der Waals surface area contributed by atoms with Crippen molar-refractivity contribution in [3.05, 3.63) is 92.0 Å². The Balaban J connectivity index is 1.45. The van der Waals surface area contributed by atoms with E-state index in [-0.39, 0.29) is 37.4 Å². The van der Waals surface area contributed by atoms with Gasteiger partial charge in [0, 0.05) is 24.5 Å². The Morgan fingerprint density at radius 3 is 2.22 bits per heavy atom. The number of aliphatic hydroxyl groups is 1. The summed E-state index contributed by atoms with van der Waals surface area (Å²) in [7, 11) is 0. The van der Waals surface area contributed by atoms with Crippen LogP contribution in [0.5, 0.6) is 5.75 Å². The smallest absolute Gasteiger partial charge is 0.253 e. The van der Waals surface area contributed by atoms with Gasteiger partial charge in [-0.1, -0.05) is 56.3 Å². The van der Waals surface area contributed by atoms with Gasteiger partial charge in [-0.15, -0.1) is 13.2 Å². The first kappa shape index (κ1) is 34.4. The number of hydrogen-bond acceptors (Lipinski definition) is 6. The molecule has 49 heavy (non-hydrogen) atoms. The highest BCUT2D eigenvalue weighted by molar-refractivity contribution is 6.07. The molecule has 6 atom stereocenters. The second-order valence-corrected chi connectivity index (χ2v) is 13.3. The number of aliphatic hydroxyl groups excluding tert-OH is 1. The van der Waals surface area contributed by atoms with E-state index in [1.165, 1.54) is 0 Å². The maximum absolute atomic E-state index is 15.1. The average Bonchev–Trinajstić information content (AvgIpc) is 3.73. The zero-order valence-corrected chi connectivity index (χ0v) is 28.7. The van der Waals surface area contributed by atoms with Gasteiger partial charge in [-0.05, 0) is 79.8 Å². The van der Waals surface area contributed by atoms with Crippen LogP contribution in [0.1, 0.15) is 46.5 Å². The van der Waals surface area contributed by atoms with Crippen LogP contribution in [-0.4, -0.2) is 77.3 Å². The Morgan fingerprint density at radius 1 is 0.959 bits per heavy atom. The van der Waals surface area contributed by atoms with Crippen LogP contribution in [0.25, 0.3) is 10.8 Å². The number of carbonyl (C=O) groups is 3. The van der Waals surface area contributed by atoms with E-state index in [0.29, 0.717) is 49.4 Å². The van der Waals surface area contributed by atoms with Crippen molar-refractivity contribution >= 4 is 39.9 Å². The van der Waals surface area contributed by atoms with E-state index in [0.717, 1.165) is 10.8 Å². The van der Waals surface area contributed by atoms with Gasteiger partial charge < -0.3 is 29.3 Å². The van der Waals surface area contributed by atoms with Gasteiger partial charge in [-0.25, -0.2) is 0 Å². The number of nitrogens with zero attached hydrogens (tertiary/aromatic N) is 3. The average molecular weight is 666 g/mol. The van der Waals surface area contributed by atoms with Gasteiger partial charge in [-0.2, -0.15) is 0 Å². The highest BCUT2D eigenvalue weighted by atomic mass is 16.5.